The number of urea groups is 1. The number of pyridine rings is 1. The van der Waals surface area contributed by atoms with Gasteiger partial charge in [-0.1, -0.05) is 67.7 Å². The van der Waals surface area contributed by atoms with Gasteiger partial charge in [0.15, 0.2) is 5.78 Å². The summed E-state index contributed by atoms with van der Waals surface area (Å²) in [5.74, 6) is -7.12. The van der Waals surface area contributed by atoms with E-state index in [9.17, 15) is 62.6 Å². The number of carbonyl (C=O) groups excluding carboxylic acids is 12. The normalized spacial score (nSPS) is 15.0. The highest BCUT2D eigenvalue weighted by atomic mass is 35.5. The van der Waals surface area contributed by atoms with E-state index in [4.69, 9.17) is 45.8 Å². The zero-order valence-corrected chi connectivity index (χ0v) is 73.2. The number of ether oxygens (including phenoxy) is 6. The van der Waals surface area contributed by atoms with Gasteiger partial charge in [-0.25, -0.2) is 24.3 Å². The van der Waals surface area contributed by atoms with Crippen LogP contribution in [-0.2, 0) is 55.7 Å². The third-order valence-corrected chi connectivity index (χ3v) is 24.5. The van der Waals surface area contributed by atoms with E-state index in [1.165, 1.54) is 48.2 Å². The van der Waals surface area contributed by atoms with Crippen LogP contribution in [0, 0.1) is 18.8 Å². The number of carbonyl (C=O) groups is 12. The number of phenols is 1. The number of fused-ring (bicyclic) bond motifs is 4. The summed E-state index contributed by atoms with van der Waals surface area (Å²) >= 11 is 8.30. The molecule has 0 saturated carbocycles. The first-order valence-corrected chi connectivity index (χ1v) is 43.5. The highest BCUT2D eigenvalue weighted by Gasteiger charge is 2.46. The van der Waals surface area contributed by atoms with Gasteiger partial charge in [0.25, 0.3) is 35.4 Å². The quantitative estimate of drug-likeness (QED) is 0.0124. The number of benzene rings is 7. The number of amides is 12. The number of alkyl halides is 4. The number of aromatic hydroxyl groups is 1. The summed E-state index contributed by atoms with van der Waals surface area (Å²) in [6.07, 6.45) is -3.54. The Hall–Kier alpha value is -13.1. The summed E-state index contributed by atoms with van der Waals surface area (Å²) < 4.78 is 81.0. The molecule has 0 aliphatic carbocycles. The standard InChI is InChI=1S/C91H93ClF3N13O19S2/c1-53(2)78(101-75(111)52-124-42-43-125-64-24-29-70(68(45-64)91(93,94)95)108-86(117)79(128-65-25-15-57(16-26-65)83(114)104-34-38-122-39-35-104)80(87(108)118)129-66-27-17-58(18-28-66)84(115)105-36-40-123-41-37-105)72(110)44-59(9-7-31-97-88(96)119)82(113)98-61-19-11-55(12-20-61)51-126-89(120)102(4)32-33-103(5)90(121)127-73-46-71-77(76-54(3)8-6-10-67(73)76)60(47-92)48-107(71)85(116)69-50-106-49-62(21-30-74(106)100-69)99-81(112)56-13-22-63(109)23-14-56/h6,8,10-30,45-46,49-50,53,59-60,78,109H,7,9,31-44,47-48,51-52H2,1-5H3,(H,98,113)(H,99,112)(H,101,111)(H3,96,97,119)/t59-,60-,78+/m1/s1. The van der Waals surface area contributed by atoms with Gasteiger partial charge in [0.1, 0.15) is 48.4 Å². The average Bonchev–Trinajstić information content (AvgIpc) is 1.59. The Morgan fingerprint density at radius 2 is 1.30 bits per heavy atom. The number of hydrogen-bond donors (Lipinski definition) is 6. The van der Waals surface area contributed by atoms with Gasteiger partial charge in [0.2, 0.25) is 11.8 Å². The minimum atomic E-state index is -5.15. The van der Waals surface area contributed by atoms with E-state index in [0.717, 1.165) is 52.2 Å². The van der Waals surface area contributed by atoms with Gasteiger partial charge in [-0.3, -0.25) is 43.2 Å². The summed E-state index contributed by atoms with van der Waals surface area (Å²) in [5.41, 5.74) is 8.05. The number of imidazole rings is 1. The summed E-state index contributed by atoms with van der Waals surface area (Å²) in [5, 5.41) is 21.8. The van der Waals surface area contributed by atoms with Gasteiger partial charge in [0, 0.05) is 147 Å². The van der Waals surface area contributed by atoms with Crippen LogP contribution in [0.4, 0.5) is 50.3 Å². The number of phenolic OH excluding ortho intramolecular Hbond substituents is 1. The summed E-state index contributed by atoms with van der Waals surface area (Å²) in [6.45, 7) is 7.02. The minimum Gasteiger partial charge on any atom is -0.508 e. The number of thioether (sulfide) groups is 2. The van der Waals surface area contributed by atoms with Crippen molar-refractivity contribution in [3.63, 3.8) is 0 Å². The Kier molecular flexibility index (Phi) is 30.6. The number of primary amides is 1. The highest BCUT2D eigenvalue weighted by molar-refractivity contribution is 8.08. The number of Topliss-reactive ketones (excluding diaryl/α,β-unsaturated/α-hetero) is 1. The topological polar surface area (TPSA) is 391 Å². The zero-order valence-electron chi connectivity index (χ0n) is 70.8. The maximum absolute atomic E-state index is 15.2. The molecule has 0 unspecified atom stereocenters. The highest BCUT2D eigenvalue weighted by Crippen LogP contribution is 2.50. The first-order valence-electron chi connectivity index (χ1n) is 41.3. The van der Waals surface area contributed by atoms with E-state index in [1.54, 1.807) is 136 Å². The monoisotopic (exact) mass is 1830 g/mol. The van der Waals surface area contributed by atoms with Crippen LogP contribution < -0.4 is 46.3 Å². The van der Waals surface area contributed by atoms with Crippen LogP contribution in [0.5, 0.6) is 17.2 Å². The smallest absolute Gasteiger partial charge is 0.418 e. The number of nitrogens with zero attached hydrogens (tertiary/aromatic N) is 8. The predicted molar refractivity (Wildman–Crippen MR) is 474 cm³/mol. The molecule has 0 bridgehead atoms. The number of aromatic nitrogens is 2. The van der Waals surface area contributed by atoms with Gasteiger partial charge in [-0.05, 0) is 163 Å². The number of anilines is 4. The number of aryl methyl sites for hydroxylation is 1. The predicted octanol–water partition coefficient (Wildman–Crippen LogP) is 12.3. The first-order chi connectivity index (χ1) is 61.9. The Balaban J connectivity index is 0.577. The lowest BCUT2D eigenvalue weighted by Gasteiger charge is -2.26. The van der Waals surface area contributed by atoms with Crippen LogP contribution in [0.2, 0.25) is 0 Å². The molecule has 32 nitrogen and oxygen atoms in total. The van der Waals surface area contributed by atoms with Crippen LogP contribution in [0.3, 0.4) is 0 Å². The molecule has 38 heteroatoms. The van der Waals surface area contributed by atoms with Crippen molar-refractivity contribution < 1.29 is 104 Å². The van der Waals surface area contributed by atoms with Crippen LogP contribution in [0.15, 0.2) is 184 Å². The molecule has 13 rings (SSSR count). The maximum atomic E-state index is 15.2. The third-order valence-electron chi connectivity index (χ3n) is 21.8. The molecule has 9 aromatic rings. The molecule has 4 aliphatic rings. The van der Waals surface area contributed by atoms with E-state index >= 15 is 13.2 Å². The van der Waals surface area contributed by atoms with Gasteiger partial charge in [-0.15, -0.1) is 11.6 Å². The van der Waals surface area contributed by atoms with Crippen molar-refractivity contribution in [2.45, 2.75) is 74.6 Å². The van der Waals surface area contributed by atoms with Gasteiger partial charge >= 0.3 is 24.4 Å². The molecule has 7 N–H and O–H groups in total. The molecule has 2 fully saturated rings. The number of likely N-dealkylation sites (N-methyl/N-ethyl adjacent to an activating group) is 2. The lowest BCUT2D eigenvalue weighted by molar-refractivity contribution is -0.137. The fraction of sp³-hybridized carbons (Fsp3) is 0.330. The second-order valence-corrected chi connectivity index (χ2v) is 33.6. The van der Waals surface area contributed by atoms with Crippen molar-refractivity contribution in [1.29, 1.82) is 0 Å². The van der Waals surface area contributed by atoms with Crippen LogP contribution in [-0.4, -0.2) is 230 Å². The SMILES string of the molecule is Cc1cccc2c(OC(=O)N(C)CCN(C)C(=O)OCc3ccc(NC(=O)[C@H](CCCNC(N)=O)CC(=O)[C@@H](NC(=O)COCCOc4ccc(N5C(=O)C(Sc6ccc(C(=O)N7CCOCC7)cc6)=C(Sc6ccc(C(=O)N7CCOCC7)cc6)C5=O)c(C(F)(F)F)c4)C(C)C)cc3)cc3c(c12)[C@H](CCl)CN3C(=O)c1cn2cc(NC(=O)c3ccc(O)cc3)ccc2n1. The van der Waals surface area contributed by atoms with Crippen LogP contribution in [0.25, 0.3) is 16.4 Å². The molecule has 0 radical (unpaired) electrons. The van der Waals surface area contributed by atoms with E-state index in [0.29, 0.717) is 124 Å². The van der Waals surface area contributed by atoms with Crippen LogP contribution in [0.1, 0.15) is 103 Å². The van der Waals surface area contributed by atoms with Gasteiger partial charge in [-0.2, -0.15) is 13.2 Å². The number of nitrogens with one attached hydrogen (secondary N) is 4. The molecule has 2 aromatic heterocycles. The number of rotatable bonds is 34. The van der Waals surface area contributed by atoms with Crippen molar-refractivity contribution in [3.8, 4) is 17.2 Å². The largest absolute Gasteiger partial charge is 0.508 e. The van der Waals surface area contributed by atoms with E-state index in [-0.39, 0.29) is 115 Å². The molecule has 3 atom stereocenters. The molecule has 4 aliphatic heterocycles. The molecule has 2 saturated heterocycles. The van der Waals surface area contributed by atoms with Crippen molar-refractivity contribution >= 4 is 146 Å². The second kappa shape index (κ2) is 42.2. The van der Waals surface area contributed by atoms with E-state index in [1.807, 2.05) is 25.1 Å². The number of morpholine rings is 2. The summed E-state index contributed by atoms with van der Waals surface area (Å²) in [6, 6.07) is 35.8. The van der Waals surface area contributed by atoms with Crippen molar-refractivity contribution in [3.05, 3.63) is 219 Å². The molecule has 6 heterocycles. The molecule has 676 valence electrons. The first kappa shape index (κ1) is 93.6. The summed E-state index contributed by atoms with van der Waals surface area (Å²) in [4.78, 5) is 177. The number of hydrogen-bond acceptors (Lipinski definition) is 22. The van der Waals surface area contributed by atoms with E-state index in [2.05, 4.69) is 26.3 Å². The Bertz CT molecular complexity index is 5680. The second-order valence-electron chi connectivity index (χ2n) is 31.2. The number of halogens is 4. The lowest BCUT2D eigenvalue weighted by atomic mass is 9.89. The Morgan fingerprint density at radius 1 is 0.698 bits per heavy atom. The van der Waals surface area contributed by atoms with Crippen molar-refractivity contribution in [1.82, 2.24) is 39.6 Å². The molecule has 7 aromatic carbocycles. The number of imide groups is 1. The maximum Gasteiger partial charge on any atom is 0.418 e. The van der Waals surface area contributed by atoms with E-state index < -0.39 is 108 Å². The number of nitrogens with two attached hydrogens (primary N) is 1. The Morgan fingerprint density at radius 3 is 1.90 bits per heavy atom. The molecule has 0 spiro atoms. The van der Waals surface area contributed by atoms with Crippen molar-refractivity contribution in [2.75, 3.05) is 139 Å². The molecular weight excluding hydrogens is 1740 g/mol. The Labute approximate surface area is 752 Å². The fourth-order valence-electron chi connectivity index (χ4n) is 14.9. The van der Waals surface area contributed by atoms with Gasteiger partial charge in [0.05, 0.1) is 71.5 Å². The van der Waals surface area contributed by atoms with Crippen molar-refractivity contribution in [2.24, 2.45) is 17.6 Å². The van der Waals surface area contributed by atoms with Crippen LogP contribution >= 0.6 is 35.1 Å². The number of ketones is 1. The minimum absolute atomic E-state index is 0.000191. The molecule has 129 heavy (non-hydrogen) atoms. The fourth-order valence-corrected chi connectivity index (χ4v) is 17.1. The van der Waals surface area contributed by atoms with Gasteiger partial charge < -0.3 is 89.4 Å². The zero-order chi connectivity index (χ0) is 91.9. The third kappa shape index (κ3) is 23.1. The lowest BCUT2D eigenvalue weighted by Crippen LogP contribution is -2.47. The molecular formula is C91H93ClF3N13O19S2. The average molecular weight is 1830 g/mol. The molecule has 12 amide bonds. The summed E-state index contributed by atoms with van der Waals surface area (Å²) in [7, 11) is 2.99.